The third-order valence-electron chi connectivity index (χ3n) is 3.92. The molecule has 104 valence electrons. The van der Waals surface area contributed by atoms with Gasteiger partial charge in [0.05, 0.1) is 0 Å². The van der Waals surface area contributed by atoms with Crippen molar-refractivity contribution in [1.82, 2.24) is 0 Å². The fraction of sp³-hybridized carbons (Fsp3) is 0.588. The van der Waals surface area contributed by atoms with E-state index in [0.29, 0.717) is 12.3 Å². The van der Waals surface area contributed by atoms with Crippen molar-refractivity contribution in [3.8, 4) is 0 Å². The highest BCUT2D eigenvalue weighted by Crippen LogP contribution is 2.37. The lowest BCUT2D eigenvalue weighted by atomic mass is 9.82. The minimum atomic E-state index is -0.0538. The Morgan fingerprint density at radius 2 is 1.89 bits per heavy atom. The summed E-state index contributed by atoms with van der Waals surface area (Å²) >= 11 is 0. The Kier molecular flexibility index (Phi) is 5.44. The molecule has 0 spiro atoms. The zero-order valence-corrected chi connectivity index (χ0v) is 11.8. The Hall–Kier alpha value is -1.31. The second-order valence-electron chi connectivity index (χ2n) is 5.47. The van der Waals surface area contributed by atoms with E-state index in [1.165, 1.54) is 32.1 Å². The molecule has 0 bridgehead atoms. The van der Waals surface area contributed by atoms with Crippen molar-refractivity contribution in [2.45, 2.75) is 58.0 Å². The molecule has 0 aromatic heterocycles. The topological polar surface area (TPSA) is 26.3 Å². The zero-order chi connectivity index (χ0) is 13.5. The minimum Gasteiger partial charge on any atom is -0.457 e. The maximum absolute atomic E-state index is 11.8. The Labute approximate surface area is 116 Å². The molecule has 1 unspecified atom stereocenters. The Bertz CT molecular complexity index is 380. The van der Waals surface area contributed by atoms with Gasteiger partial charge in [0.15, 0.2) is 0 Å². The molecule has 1 aromatic carbocycles. The van der Waals surface area contributed by atoms with Gasteiger partial charge in [0.2, 0.25) is 0 Å². The Morgan fingerprint density at radius 1 is 1.21 bits per heavy atom. The first-order valence-electron chi connectivity index (χ1n) is 7.55. The summed E-state index contributed by atoms with van der Waals surface area (Å²) in [5.74, 6) is 0.443. The second kappa shape index (κ2) is 7.32. The third-order valence-corrected chi connectivity index (χ3v) is 3.92. The molecule has 0 saturated heterocycles. The van der Waals surface area contributed by atoms with E-state index in [9.17, 15) is 4.79 Å². The van der Waals surface area contributed by atoms with E-state index < -0.39 is 0 Å². The fourth-order valence-corrected chi connectivity index (χ4v) is 2.92. The number of benzene rings is 1. The van der Waals surface area contributed by atoms with Crippen molar-refractivity contribution in [3.05, 3.63) is 35.9 Å². The summed E-state index contributed by atoms with van der Waals surface area (Å²) in [6, 6.07) is 10.2. The number of rotatable bonds is 5. The molecular weight excluding hydrogens is 236 g/mol. The van der Waals surface area contributed by atoms with Crippen LogP contribution in [0, 0.1) is 5.92 Å². The smallest absolute Gasteiger partial charge is 0.306 e. The van der Waals surface area contributed by atoms with Crippen molar-refractivity contribution < 1.29 is 9.53 Å². The second-order valence-corrected chi connectivity index (χ2v) is 5.47. The average Bonchev–Trinajstić information content (AvgIpc) is 2.47. The summed E-state index contributed by atoms with van der Waals surface area (Å²) in [7, 11) is 0. The molecule has 1 aliphatic rings. The van der Waals surface area contributed by atoms with Crippen LogP contribution in [0.4, 0.5) is 0 Å². The number of hydrogen-bond acceptors (Lipinski definition) is 2. The lowest BCUT2D eigenvalue weighted by Gasteiger charge is -2.30. The first-order chi connectivity index (χ1) is 9.31. The van der Waals surface area contributed by atoms with Gasteiger partial charge in [-0.3, -0.25) is 4.79 Å². The van der Waals surface area contributed by atoms with Gasteiger partial charge >= 0.3 is 5.97 Å². The Morgan fingerprint density at radius 3 is 2.53 bits per heavy atom. The van der Waals surface area contributed by atoms with E-state index in [2.05, 4.69) is 12.1 Å². The van der Waals surface area contributed by atoms with E-state index in [4.69, 9.17) is 4.74 Å². The molecule has 1 saturated carbocycles. The summed E-state index contributed by atoms with van der Waals surface area (Å²) in [5.41, 5.74) is 1.15. The summed E-state index contributed by atoms with van der Waals surface area (Å²) in [6.07, 6.45) is 7.54. The van der Waals surface area contributed by atoms with Crippen molar-refractivity contribution in [2.75, 3.05) is 0 Å². The van der Waals surface area contributed by atoms with Crippen molar-refractivity contribution in [2.24, 2.45) is 5.92 Å². The van der Waals surface area contributed by atoms with E-state index in [-0.39, 0.29) is 12.1 Å². The van der Waals surface area contributed by atoms with Gasteiger partial charge in [0, 0.05) is 12.3 Å². The van der Waals surface area contributed by atoms with Crippen LogP contribution in [0.15, 0.2) is 30.3 Å². The van der Waals surface area contributed by atoms with Gasteiger partial charge in [-0.05, 0) is 24.8 Å². The zero-order valence-electron chi connectivity index (χ0n) is 11.8. The summed E-state index contributed by atoms with van der Waals surface area (Å²) in [6.45, 7) is 2.01. The van der Waals surface area contributed by atoms with Crippen molar-refractivity contribution >= 4 is 5.97 Å². The monoisotopic (exact) mass is 260 g/mol. The molecule has 0 heterocycles. The van der Waals surface area contributed by atoms with E-state index in [0.717, 1.165) is 12.0 Å². The number of hydrogen-bond donors (Lipinski definition) is 0. The molecule has 0 amide bonds. The maximum atomic E-state index is 11.8. The van der Waals surface area contributed by atoms with Crippen LogP contribution in [0.1, 0.15) is 63.5 Å². The van der Waals surface area contributed by atoms with Gasteiger partial charge in [0.25, 0.3) is 0 Å². The van der Waals surface area contributed by atoms with Gasteiger partial charge in [-0.15, -0.1) is 0 Å². The quantitative estimate of drug-likeness (QED) is 0.720. The summed E-state index contributed by atoms with van der Waals surface area (Å²) < 4.78 is 5.78. The highest BCUT2D eigenvalue weighted by molar-refractivity contribution is 5.69. The molecule has 19 heavy (non-hydrogen) atoms. The van der Waals surface area contributed by atoms with Crippen LogP contribution < -0.4 is 0 Å². The Balaban J connectivity index is 2.10. The fourth-order valence-electron chi connectivity index (χ4n) is 2.92. The molecule has 0 aliphatic heterocycles. The predicted molar refractivity (Wildman–Crippen MR) is 76.8 cm³/mol. The highest BCUT2D eigenvalue weighted by Gasteiger charge is 2.27. The number of carbonyl (C=O) groups is 1. The highest BCUT2D eigenvalue weighted by atomic mass is 16.5. The lowest BCUT2D eigenvalue weighted by Crippen LogP contribution is -2.21. The van der Waals surface area contributed by atoms with Crippen LogP contribution in [-0.4, -0.2) is 5.97 Å². The van der Waals surface area contributed by atoms with Crippen LogP contribution in [0.25, 0.3) is 0 Å². The van der Waals surface area contributed by atoms with Crippen LogP contribution in [-0.2, 0) is 9.53 Å². The normalized spacial score (nSPS) is 17.9. The number of ether oxygens (including phenoxy) is 1. The summed E-state index contributed by atoms with van der Waals surface area (Å²) in [5, 5.41) is 0. The molecule has 2 rings (SSSR count). The minimum absolute atomic E-state index is 0.0412. The number of esters is 1. The molecule has 0 N–H and O–H groups in total. The van der Waals surface area contributed by atoms with E-state index >= 15 is 0 Å². The molecular formula is C17H24O2. The molecule has 2 nitrogen and oxygen atoms in total. The van der Waals surface area contributed by atoms with Crippen LogP contribution in [0.5, 0.6) is 0 Å². The molecule has 1 aliphatic carbocycles. The first-order valence-corrected chi connectivity index (χ1v) is 7.55. The van der Waals surface area contributed by atoms with Crippen molar-refractivity contribution in [1.29, 1.82) is 0 Å². The van der Waals surface area contributed by atoms with Crippen LogP contribution >= 0.6 is 0 Å². The predicted octanol–water partition coefficient (Wildman–Crippen LogP) is 4.65. The molecule has 0 radical (unpaired) electrons. The van der Waals surface area contributed by atoms with E-state index in [1.54, 1.807) is 0 Å². The van der Waals surface area contributed by atoms with Crippen LogP contribution in [0.2, 0.25) is 0 Å². The number of carbonyl (C=O) groups excluding carboxylic acids is 1. The molecule has 1 aromatic rings. The van der Waals surface area contributed by atoms with Gasteiger partial charge in [-0.1, -0.05) is 56.5 Å². The maximum Gasteiger partial charge on any atom is 0.306 e. The van der Waals surface area contributed by atoms with Gasteiger partial charge in [-0.2, -0.15) is 0 Å². The third kappa shape index (κ3) is 4.09. The molecule has 2 heteroatoms. The summed E-state index contributed by atoms with van der Waals surface area (Å²) in [4.78, 5) is 11.8. The van der Waals surface area contributed by atoms with Gasteiger partial charge in [0.1, 0.15) is 6.10 Å². The van der Waals surface area contributed by atoms with Gasteiger partial charge in [-0.25, -0.2) is 0 Å². The largest absolute Gasteiger partial charge is 0.457 e. The molecule has 1 atom stereocenters. The van der Waals surface area contributed by atoms with E-state index in [1.807, 2.05) is 25.1 Å². The first kappa shape index (κ1) is 14.1. The van der Waals surface area contributed by atoms with Crippen molar-refractivity contribution in [3.63, 3.8) is 0 Å². The average molecular weight is 260 g/mol. The van der Waals surface area contributed by atoms with Crippen LogP contribution in [0.3, 0.4) is 0 Å². The lowest BCUT2D eigenvalue weighted by molar-refractivity contribution is -0.153. The molecule has 1 fully saturated rings. The standard InChI is InChI=1S/C17H24O2/c1-2-9-16(18)19-17(14-10-5-3-6-11-14)15-12-7-4-8-13-15/h3,5-6,10-11,15,17H,2,4,7-9,12-13H2,1H3. The SMILES string of the molecule is CCCC(=O)OC(c1ccccc1)C1CCCCC1. The van der Waals surface area contributed by atoms with Gasteiger partial charge < -0.3 is 4.74 Å².